The SMILES string of the molecule is O=C(c1cscn1)N1CCOC[C@H]1c1nc(-c2ccccc2)no1. The van der Waals surface area contributed by atoms with E-state index in [4.69, 9.17) is 9.26 Å². The van der Waals surface area contributed by atoms with Crippen LogP contribution >= 0.6 is 11.3 Å². The number of aromatic nitrogens is 3. The first-order valence-corrected chi connectivity index (χ1v) is 8.43. The van der Waals surface area contributed by atoms with E-state index in [0.29, 0.717) is 37.2 Å². The highest BCUT2D eigenvalue weighted by Gasteiger charge is 2.34. The van der Waals surface area contributed by atoms with Crippen molar-refractivity contribution in [2.24, 2.45) is 0 Å². The lowest BCUT2D eigenvalue weighted by Crippen LogP contribution is -2.43. The number of nitrogens with zero attached hydrogens (tertiary/aromatic N) is 4. The quantitative estimate of drug-likeness (QED) is 0.727. The molecule has 0 spiro atoms. The third kappa shape index (κ3) is 2.81. The van der Waals surface area contributed by atoms with Gasteiger partial charge in [0.1, 0.15) is 11.7 Å². The highest BCUT2D eigenvalue weighted by molar-refractivity contribution is 7.07. The highest BCUT2D eigenvalue weighted by atomic mass is 32.1. The van der Waals surface area contributed by atoms with E-state index in [0.717, 1.165) is 5.56 Å². The molecule has 0 saturated carbocycles. The molecule has 0 aliphatic carbocycles. The Morgan fingerprint density at radius 3 is 2.96 bits per heavy atom. The molecule has 0 bridgehead atoms. The fourth-order valence-corrected chi connectivity index (χ4v) is 3.12. The number of hydrogen-bond donors (Lipinski definition) is 0. The molecular weight excluding hydrogens is 328 g/mol. The van der Waals surface area contributed by atoms with E-state index in [9.17, 15) is 4.79 Å². The van der Waals surface area contributed by atoms with Gasteiger partial charge in [-0.2, -0.15) is 4.98 Å². The standard InChI is InChI=1S/C16H14N4O3S/c21-16(12-9-24-10-17-12)20-6-7-22-8-13(20)15-18-14(19-23-15)11-4-2-1-3-5-11/h1-5,9-10,13H,6-8H2/t13-/m0/s1. The lowest BCUT2D eigenvalue weighted by Gasteiger charge is -2.32. The average molecular weight is 342 g/mol. The Morgan fingerprint density at radius 1 is 1.29 bits per heavy atom. The summed E-state index contributed by atoms with van der Waals surface area (Å²) in [5, 5.41) is 5.76. The number of morpholine rings is 1. The van der Waals surface area contributed by atoms with Gasteiger partial charge in [-0.1, -0.05) is 35.5 Å². The second-order valence-electron chi connectivity index (χ2n) is 5.29. The van der Waals surface area contributed by atoms with Crippen LogP contribution in [-0.2, 0) is 4.74 Å². The molecule has 4 rings (SSSR count). The summed E-state index contributed by atoms with van der Waals surface area (Å²) in [7, 11) is 0. The predicted molar refractivity (Wildman–Crippen MR) is 86.4 cm³/mol. The zero-order valence-electron chi connectivity index (χ0n) is 12.7. The van der Waals surface area contributed by atoms with Crippen LogP contribution in [0.25, 0.3) is 11.4 Å². The number of ether oxygens (including phenoxy) is 1. The highest BCUT2D eigenvalue weighted by Crippen LogP contribution is 2.26. The van der Waals surface area contributed by atoms with Crippen molar-refractivity contribution >= 4 is 17.2 Å². The second-order valence-corrected chi connectivity index (χ2v) is 6.00. The Hall–Kier alpha value is -2.58. The number of hydrogen-bond acceptors (Lipinski definition) is 7. The summed E-state index contributed by atoms with van der Waals surface area (Å²) in [4.78, 5) is 22.9. The third-order valence-electron chi connectivity index (χ3n) is 3.80. The topological polar surface area (TPSA) is 81.4 Å². The van der Waals surface area contributed by atoms with Crippen LogP contribution < -0.4 is 0 Å². The Balaban J connectivity index is 1.62. The normalized spacial score (nSPS) is 17.8. The van der Waals surface area contributed by atoms with E-state index in [2.05, 4.69) is 15.1 Å². The second kappa shape index (κ2) is 6.50. The molecule has 0 radical (unpaired) electrons. The molecule has 1 fully saturated rings. The molecule has 1 aliphatic rings. The Labute approximate surface area is 141 Å². The minimum Gasteiger partial charge on any atom is -0.377 e. The molecule has 1 aromatic carbocycles. The molecule has 24 heavy (non-hydrogen) atoms. The van der Waals surface area contributed by atoms with Gasteiger partial charge in [-0.15, -0.1) is 11.3 Å². The minimum absolute atomic E-state index is 0.149. The van der Waals surface area contributed by atoms with Crippen molar-refractivity contribution < 1.29 is 14.1 Å². The number of carbonyl (C=O) groups excluding carboxylic acids is 1. The summed E-state index contributed by atoms with van der Waals surface area (Å²) < 4.78 is 10.9. The number of thiazole rings is 1. The van der Waals surface area contributed by atoms with Gasteiger partial charge in [0, 0.05) is 17.5 Å². The van der Waals surface area contributed by atoms with Crippen molar-refractivity contribution in [3.63, 3.8) is 0 Å². The van der Waals surface area contributed by atoms with E-state index in [-0.39, 0.29) is 5.91 Å². The van der Waals surface area contributed by atoms with Crippen molar-refractivity contribution in [1.29, 1.82) is 0 Å². The fraction of sp³-hybridized carbons (Fsp3) is 0.250. The first kappa shape index (κ1) is 15.0. The molecule has 2 aromatic heterocycles. The zero-order chi connectivity index (χ0) is 16.4. The van der Waals surface area contributed by atoms with E-state index in [1.165, 1.54) is 11.3 Å². The van der Waals surface area contributed by atoms with Crippen molar-refractivity contribution in [2.45, 2.75) is 6.04 Å². The molecule has 8 heteroatoms. The van der Waals surface area contributed by atoms with E-state index in [1.807, 2.05) is 30.3 Å². The summed E-state index contributed by atoms with van der Waals surface area (Å²) >= 11 is 1.39. The maximum absolute atomic E-state index is 12.6. The number of benzene rings is 1. The van der Waals surface area contributed by atoms with Gasteiger partial charge in [-0.25, -0.2) is 4.98 Å². The van der Waals surface area contributed by atoms with Gasteiger partial charge >= 0.3 is 0 Å². The Kier molecular flexibility index (Phi) is 4.06. The summed E-state index contributed by atoms with van der Waals surface area (Å²) in [5.41, 5.74) is 2.93. The Bertz CT molecular complexity index is 819. The number of amides is 1. The first-order valence-electron chi connectivity index (χ1n) is 7.49. The van der Waals surface area contributed by atoms with E-state index >= 15 is 0 Å². The van der Waals surface area contributed by atoms with Crippen molar-refractivity contribution in [3.05, 3.63) is 52.8 Å². The zero-order valence-corrected chi connectivity index (χ0v) is 13.5. The molecule has 3 aromatic rings. The van der Waals surface area contributed by atoms with Crippen LogP contribution in [-0.4, -0.2) is 45.7 Å². The molecule has 122 valence electrons. The van der Waals surface area contributed by atoms with Crippen LogP contribution in [0.5, 0.6) is 0 Å². The predicted octanol–water partition coefficient (Wildman–Crippen LogP) is 2.41. The molecule has 1 atom stereocenters. The van der Waals surface area contributed by atoms with Gasteiger partial charge in [-0.3, -0.25) is 4.79 Å². The average Bonchev–Trinajstić information content (AvgIpc) is 3.34. The summed E-state index contributed by atoms with van der Waals surface area (Å²) in [6, 6.07) is 9.15. The third-order valence-corrected chi connectivity index (χ3v) is 4.39. The number of carbonyl (C=O) groups is 1. The summed E-state index contributed by atoms with van der Waals surface area (Å²) in [5.74, 6) is 0.721. The van der Waals surface area contributed by atoms with Gasteiger partial charge in [0.25, 0.3) is 11.8 Å². The monoisotopic (exact) mass is 342 g/mol. The maximum Gasteiger partial charge on any atom is 0.274 e. The Morgan fingerprint density at radius 2 is 2.17 bits per heavy atom. The van der Waals surface area contributed by atoms with Crippen LogP contribution in [0.3, 0.4) is 0 Å². The van der Waals surface area contributed by atoms with E-state index in [1.54, 1.807) is 15.8 Å². The largest absolute Gasteiger partial charge is 0.377 e. The number of rotatable bonds is 3. The minimum atomic E-state index is -0.405. The van der Waals surface area contributed by atoms with Crippen molar-refractivity contribution in [1.82, 2.24) is 20.0 Å². The molecule has 1 saturated heterocycles. The molecule has 1 aliphatic heterocycles. The molecule has 1 amide bonds. The van der Waals surface area contributed by atoms with Crippen LogP contribution in [0, 0.1) is 0 Å². The first-order chi connectivity index (χ1) is 11.8. The van der Waals surface area contributed by atoms with Gasteiger partial charge in [-0.05, 0) is 0 Å². The molecule has 7 nitrogen and oxygen atoms in total. The van der Waals surface area contributed by atoms with Gasteiger partial charge in [0.2, 0.25) is 5.82 Å². The van der Waals surface area contributed by atoms with Crippen LogP contribution in [0.1, 0.15) is 22.4 Å². The molecule has 0 N–H and O–H groups in total. The van der Waals surface area contributed by atoms with Crippen LogP contribution in [0.2, 0.25) is 0 Å². The van der Waals surface area contributed by atoms with Crippen LogP contribution in [0.15, 0.2) is 45.7 Å². The van der Waals surface area contributed by atoms with Crippen molar-refractivity contribution in [2.75, 3.05) is 19.8 Å². The maximum atomic E-state index is 12.6. The van der Waals surface area contributed by atoms with Gasteiger partial charge in [0.15, 0.2) is 0 Å². The molecule has 0 unspecified atom stereocenters. The van der Waals surface area contributed by atoms with Crippen molar-refractivity contribution in [3.8, 4) is 11.4 Å². The van der Waals surface area contributed by atoms with Gasteiger partial charge in [0.05, 0.1) is 18.7 Å². The summed E-state index contributed by atoms with van der Waals surface area (Å²) in [6.45, 7) is 1.27. The summed E-state index contributed by atoms with van der Waals surface area (Å²) in [6.07, 6.45) is 0. The smallest absolute Gasteiger partial charge is 0.274 e. The lowest BCUT2D eigenvalue weighted by molar-refractivity contribution is -0.0121. The van der Waals surface area contributed by atoms with Gasteiger partial charge < -0.3 is 14.2 Å². The molecule has 3 heterocycles. The lowest BCUT2D eigenvalue weighted by atomic mass is 10.2. The van der Waals surface area contributed by atoms with Crippen LogP contribution in [0.4, 0.5) is 0 Å². The van der Waals surface area contributed by atoms with E-state index < -0.39 is 6.04 Å². The molecular formula is C16H14N4O3S. The fourth-order valence-electron chi connectivity index (χ4n) is 2.59.